The van der Waals surface area contributed by atoms with Gasteiger partial charge < -0.3 is 15.9 Å². The summed E-state index contributed by atoms with van der Waals surface area (Å²) < 4.78 is 7.29. The second kappa shape index (κ2) is 9.94. The highest BCUT2D eigenvalue weighted by Gasteiger charge is 2.12. The zero-order valence-corrected chi connectivity index (χ0v) is 17.8. The van der Waals surface area contributed by atoms with Crippen LogP contribution in [0.4, 0.5) is 11.6 Å². The van der Waals surface area contributed by atoms with Crippen molar-refractivity contribution >= 4 is 51.4 Å². The van der Waals surface area contributed by atoms with Crippen LogP contribution in [0.5, 0.6) is 5.75 Å². The van der Waals surface area contributed by atoms with Gasteiger partial charge >= 0.3 is 0 Å². The Morgan fingerprint density at radius 3 is 2.93 bits per heavy atom. The number of carbonyl (C=O) groups excluding carboxylic acids is 1. The average Bonchev–Trinajstić information content (AvgIpc) is 3.06. The van der Waals surface area contributed by atoms with E-state index in [0.717, 1.165) is 15.8 Å². The number of hydrazone groups is 1. The van der Waals surface area contributed by atoms with E-state index in [2.05, 4.69) is 42.0 Å². The number of hydrogen-bond acceptors (Lipinski definition) is 8. The monoisotopic (exact) mass is 475 g/mol. The Morgan fingerprint density at radius 2 is 2.14 bits per heavy atom. The van der Waals surface area contributed by atoms with Gasteiger partial charge in [-0.05, 0) is 35.9 Å². The van der Waals surface area contributed by atoms with Gasteiger partial charge in [0, 0.05) is 10.2 Å². The molecule has 0 saturated carbocycles. The first-order valence-electron chi connectivity index (χ1n) is 8.37. The molecule has 1 amide bonds. The summed E-state index contributed by atoms with van der Waals surface area (Å²) in [6, 6.07) is 14.8. The first-order valence-corrected chi connectivity index (χ1v) is 10.1. The van der Waals surface area contributed by atoms with Crippen molar-refractivity contribution in [2.45, 2.75) is 5.16 Å². The average molecular weight is 476 g/mol. The molecule has 9 nitrogen and oxygen atoms in total. The van der Waals surface area contributed by atoms with Crippen LogP contribution in [0.15, 0.2) is 63.3 Å². The van der Waals surface area contributed by atoms with E-state index in [9.17, 15) is 4.79 Å². The Morgan fingerprint density at radius 1 is 1.31 bits per heavy atom. The number of benzene rings is 2. The molecule has 1 aromatic heterocycles. The smallest absolute Gasteiger partial charge is 0.264 e. The molecule has 0 aliphatic rings. The lowest BCUT2D eigenvalue weighted by atomic mass is 10.2. The fourth-order valence-corrected chi connectivity index (χ4v) is 3.29. The van der Waals surface area contributed by atoms with E-state index in [1.165, 1.54) is 16.4 Å². The normalized spacial score (nSPS) is 10.8. The number of amides is 1. The van der Waals surface area contributed by atoms with Crippen LogP contribution in [-0.4, -0.2) is 39.9 Å². The van der Waals surface area contributed by atoms with E-state index < -0.39 is 0 Å². The standard InChI is InChI=1S/C18H18BrN7O2S/c1-28-15-7-2-4-12(8-15)10-21-23-17-24-25-18(26(17)20)29-11-16(27)22-14-6-3-5-13(19)9-14/h2-10H,11,20H2,1H3,(H,22,27)(H,23,24)/b21-10+. The second-order valence-electron chi connectivity index (χ2n) is 5.67. The molecule has 1 heterocycles. The Kier molecular flexibility index (Phi) is 7.09. The minimum absolute atomic E-state index is 0.134. The molecule has 150 valence electrons. The molecule has 3 aromatic rings. The molecule has 0 aliphatic carbocycles. The minimum Gasteiger partial charge on any atom is -0.497 e. The molecular formula is C18H18BrN7O2S. The maximum atomic E-state index is 12.1. The topological polar surface area (TPSA) is 119 Å². The summed E-state index contributed by atoms with van der Waals surface area (Å²) in [5.74, 6) is 6.90. The van der Waals surface area contributed by atoms with Gasteiger partial charge in [0.25, 0.3) is 5.95 Å². The molecule has 0 aliphatic heterocycles. The SMILES string of the molecule is COc1cccc(/C=N/Nc2nnc(SCC(=O)Nc3cccc(Br)c3)n2N)c1. The number of hydrogen-bond donors (Lipinski definition) is 3. The molecule has 4 N–H and O–H groups in total. The Hall–Kier alpha value is -3.05. The Labute approximate surface area is 179 Å². The minimum atomic E-state index is -0.179. The lowest BCUT2D eigenvalue weighted by Gasteiger charge is -2.05. The Balaban J connectivity index is 1.53. The van der Waals surface area contributed by atoms with Gasteiger partial charge in [0.15, 0.2) is 0 Å². The summed E-state index contributed by atoms with van der Waals surface area (Å²) in [6.07, 6.45) is 1.61. The number of rotatable bonds is 8. The summed E-state index contributed by atoms with van der Waals surface area (Å²) in [4.78, 5) is 12.1. The van der Waals surface area contributed by atoms with E-state index in [0.29, 0.717) is 10.8 Å². The van der Waals surface area contributed by atoms with Crippen molar-refractivity contribution in [1.29, 1.82) is 0 Å². The number of ether oxygens (including phenoxy) is 1. The first-order chi connectivity index (χ1) is 14.0. The molecule has 0 saturated heterocycles. The van der Waals surface area contributed by atoms with E-state index in [1.54, 1.807) is 19.4 Å². The van der Waals surface area contributed by atoms with Gasteiger partial charge in [-0.1, -0.05) is 45.9 Å². The van der Waals surface area contributed by atoms with Crippen molar-refractivity contribution in [1.82, 2.24) is 14.9 Å². The molecule has 0 radical (unpaired) electrons. The molecule has 29 heavy (non-hydrogen) atoms. The van der Waals surface area contributed by atoms with E-state index >= 15 is 0 Å². The van der Waals surface area contributed by atoms with Crippen molar-refractivity contribution in [2.75, 3.05) is 29.4 Å². The molecule has 0 fully saturated rings. The zero-order chi connectivity index (χ0) is 20.6. The molecule has 0 bridgehead atoms. The quantitative estimate of drug-likeness (QED) is 0.198. The van der Waals surface area contributed by atoms with Crippen LogP contribution in [0, 0.1) is 0 Å². The summed E-state index contributed by atoms with van der Waals surface area (Å²) in [7, 11) is 1.60. The third-order valence-corrected chi connectivity index (χ3v) is 5.01. The van der Waals surface area contributed by atoms with E-state index in [-0.39, 0.29) is 17.6 Å². The highest BCUT2D eigenvalue weighted by atomic mass is 79.9. The number of nitrogens with one attached hydrogen (secondary N) is 2. The summed E-state index contributed by atoms with van der Waals surface area (Å²) in [5.41, 5.74) is 4.28. The number of nitrogens with two attached hydrogens (primary N) is 1. The molecule has 0 atom stereocenters. The van der Waals surface area contributed by atoms with Crippen molar-refractivity contribution in [2.24, 2.45) is 5.10 Å². The van der Waals surface area contributed by atoms with Crippen LogP contribution in [0.2, 0.25) is 0 Å². The van der Waals surface area contributed by atoms with Gasteiger partial charge in [0.05, 0.1) is 19.1 Å². The van der Waals surface area contributed by atoms with Gasteiger partial charge in [-0.25, -0.2) is 10.1 Å². The largest absolute Gasteiger partial charge is 0.497 e. The molecular weight excluding hydrogens is 458 g/mol. The van der Waals surface area contributed by atoms with E-state index in [4.69, 9.17) is 10.6 Å². The predicted octanol–water partition coefficient (Wildman–Crippen LogP) is 2.94. The van der Waals surface area contributed by atoms with Crippen LogP contribution >= 0.6 is 27.7 Å². The van der Waals surface area contributed by atoms with Crippen LogP contribution in [-0.2, 0) is 4.79 Å². The zero-order valence-electron chi connectivity index (χ0n) is 15.4. The predicted molar refractivity (Wildman–Crippen MR) is 118 cm³/mol. The Bertz CT molecular complexity index is 1020. The van der Waals surface area contributed by atoms with Crippen molar-refractivity contribution in [3.63, 3.8) is 0 Å². The molecule has 2 aromatic carbocycles. The van der Waals surface area contributed by atoms with Gasteiger partial charge in [0.2, 0.25) is 11.1 Å². The highest BCUT2D eigenvalue weighted by Crippen LogP contribution is 2.19. The number of thioether (sulfide) groups is 1. The fourth-order valence-electron chi connectivity index (χ4n) is 2.23. The molecule has 0 unspecified atom stereocenters. The van der Waals surface area contributed by atoms with Crippen LogP contribution in [0.25, 0.3) is 0 Å². The second-order valence-corrected chi connectivity index (χ2v) is 7.53. The number of carbonyl (C=O) groups is 1. The van der Waals surface area contributed by atoms with Crippen molar-refractivity contribution in [3.8, 4) is 5.75 Å². The van der Waals surface area contributed by atoms with Crippen LogP contribution < -0.4 is 21.3 Å². The number of methoxy groups -OCH3 is 1. The number of nitrogen functional groups attached to an aromatic ring is 1. The molecule has 11 heteroatoms. The van der Waals surface area contributed by atoms with Crippen molar-refractivity contribution in [3.05, 3.63) is 58.6 Å². The van der Waals surface area contributed by atoms with Gasteiger partial charge in [-0.3, -0.25) is 4.79 Å². The summed E-state index contributed by atoms with van der Waals surface area (Å²) in [6.45, 7) is 0. The fraction of sp³-hybridized carbons (Fsp3) is 0.111. The lowest BCUT2D eigenvalue weighted by molar-refractivity contribution is -0.113. The van der Waals surface area contributed by atoms with E-state index in [1.807, 2.05) is 42.5 Å². The lowest BCUT2D eigenvalue weighted by Crippen LogP contribution is -2.16. The third-order valence-electron chi connectivity index (χ3n) is 3.58. The molecule has 0 spiro atoms. The van der Waals surface area contributed by atoms with Gasteiger partial charge in [-0.15, -0.1) is 10.2 Å². The number of anilines is 2. The van der Waals surface area contributed by atoms with Crippen LogP contribution in [0.3, 0.4) is 0 Å². The number of nitrogens with zero attached hydrogens (tertiary/aromatic N) is 4. The number of aromatic nitrogens is 3. The number of halogens is 1. The van der Waals surface area contributed by atoms with Gasteiger partial charge in [0.1, 0.15) is 5.75 Å². The third kappa shape index (κ3) is 5.96. The summed E-state index contributed by atoms with van der Waals surface area (Å²) >= 11 is 4.53. The first kappa shape index (κ1) is 20.7. The maximum absolute atomic E-state index is 12.1. The van der Waals surface area contributed by atoms with Crippen LogP contribution in [0.1, 0.15) is 5.56 Å². The summed E-state index contributed by atoms with van der Waals surface area (Å²) in [5, 5.41) is 15.2. The van der Waals surface area contributed by atoms with Crippen molar-refractivity contribution < 1.29 is 9.53 Å². The highest BCUT2D eigenvalue weighted by molar-refractivity contribution is 9.10. The molecule has 3 rings (SSSR count). The maximum Gasteiger partial charge on any atom is 0.264 e. The van der Waals surface area contributed by atoms with Gasteiger partial charge in [-0.2, -0.15) is 5.10 Å².